The number of hydrogen-bond acceptors (Lipinski definition) is 4. The van der Waals surface area contributed by atoms with Gasteiger partial charge in [0.2, 0.25) is 0 Å². The third-order valence-corrected chi connectivity index (χ3v) is 5.36. The Bertz CT molecular complexity index is 723. The maximum atomic E-state index is 13.6. The second-order valence-corrected chi connectivity index (χ2v) is 7.29. The fourth-order valence-corrected chi connectivity index (χ4v) is 4.28. The molecule has 0 aliphatic carbocycles. The number of hydrogen-bond donors (Lipinski definition) is 2. The average molecular weight is 384 g/mol. The Labute approximate surface area is 126 Å². The van der Waals surface area contributed by atoms with E-state index in [0.29, 0.717) is 10.9 Å². The molecule has 0 bridgehead atoms. The lowest BCUT2D eigenvalue weighted by molar-refractivity contribution is 0.285. The predicted molar refractivity (Wildman–Crippen MR) is 75.1 cm³/mol. The molecule has 2 N–H and O–H groups in total. The number of nitrogens with one attached hydrogen (secondary N) is 1. The van der Waals surface area contributed by atoms with Crippen LogP contribution in [0.15, 0.2) is 32.9 Å². The Morgan fingerprint density at radius 2 is 2.00 bits per heavy atom. The minimum Gasteiger partial charge on any atom is -0.391 e. The fourth-order valence-electron chi connectivity index (χ4n) is 1.42. The normalized spacial score (nSPS) is 11.6. The van der Waals surface area contributed by atoms with Crippen molar-refractivity contribution in [1.82, 2.24) is 0 Å². The maximum absolute atomic E-state index is 13.6. The number of halogens is 3. The summed E-state index contributed by atoms with van der Waals surface area (Å²) < 4.78 is 52.6. The summed E-state index contributed by atoms with van der Waals surface area (Å²) in [5, 5.41) is 10.2. The van der Waals surface area contributed by atoms with Crippen LogP contribution in [0, 0.1) is 11.6 Å². The Kier molecular flexibility index (Phi) is 4.43. The van der Waals surface area contributed by atoms with Crippen molar-refractivity contribution < 1.29 is 22.3 Å². The van der Waals surface area contributed by atoms with Crippen LogP contribution >= 0.6 is 27.3 Å². The SMILES string of the molecule is O=S(=O)(Nc1c(F)cc(F)cc1Br)c1csc(CO)c1. The zero-order valence-corrected chi connectivity index (χ0v) is 12.9. The highest BCUT2D eigenvalue weighted by Gasteiger charge is 2.20. The van der Waals surface area contributed by atoms with Crippen molar-refractivity contribution in [1.29, 1.82) is 0 Å². The highest BCUT2D eigenvalue weighted by molar-refractivity contribution is 9.10. The Morgan fingerprint density at radius 1 is 1.30 bits per heavy atom. The van der Waals surface area contributed by atoms with Crippen molar-refractivity contribution in [3.63, 3.8) is 0 Å². The summed E-state index contributed by atoms with van der Waals surface area (Å²) in [6, 6.07) is 2.81. The van der Waals surface area contributed by atoms with E-state index in [2.05, 4.69) is 15.9 Å². The molecule has 20 heavy (non-hydrogen) atoms. The van der Waals surface area contributed by atoms with Crippen LogP contribution in [0.25, 0.3) is 0 Å². The first kappa shape index (κ1) is 15.4. The van der Waals surface area contributed by atoms with Gasteiger partial charge in [0, 0.05) is 20.8 Å². The van der Waals surface area contributed by atoms with Crippen LogP contribution < -0.4 is 4.72 Å². The van der Waals surface area contributed by atoms with Gasteiger partial charge < -0.3 is 5.11 Å². The van der Waals surface area contributed by atoms with Crippen LogP contribution in [0.5, 0.6) is 0 Å². The average Bonchev–Trinajstić information content (AvgIpc) is 2.83. The summed E-state index contributed by atoms with van der Waals surface area (Å²) in [6.07, 6.45) is 0. The number of anilines is 1. The van der Waals surface area contributed by atoms with E-state index in [1.54, 1.807) is 0 Å². The third kappa shape index (κ3) is 3.17. The molecule has 4 nitrogen and oxygen atoms in total. The van der Waals surface area contributed by atoms with Gasteiger partial charge in [0.1, 0.15) is 5.82 Å². The molecule has 0 fully saturated rings. The highest BCUT2D eigenvalue weighted by atomic mass is 79.9. The molecule has 0 atom stereocenters. The first-order chi connectivity index (χ1) is 9.33. The molecule has 0 spiro atoms. The molecule has 1 heterocycles. The molecule has 108 valence electrons. The van der Waals surface area contributed by atoms with Gasteiger partial charge in [-0.15, -0.1) is 11.3 Å². The maximum Gasteiger partial charge on any atom is 0.262 e. The minimum atomic E-state index is -4.00. The number of aliphatic hydroxyl groups is 1. The van der Waals surface area contributed by atoms with E-state index in [1.807, 2.05) is 4.72 Å². The van der Waals surface area contributed by atoms with Gasteiger partial charge in [-0.1, -0.05) is 0 Å². The second-order valence-electron chi connectivity index (χ2n) is 3.76. The predicted octanol–water partition coefficient (Wildman–Crippen LogP) is 3.08. The second kappa shape index (κ2) is 5.76. The lowest BCUT2D eigenvalue weighted by atomic mass is 10.3. The number of benzene rings is 1. The molecular formula is C11H8BrF2NO3S2. The summed E-state index contributed by atoms with van der Waals surface area (Å²) >= 11 is 3.96. The minimum absolute atomic E-state index is 0.0452. The molecule has 0 radical (unpaired) electrons. The monoisotopic (exact) mass is 383 g/mol. The summed E-state index contributed by atoms with van der Waals surface area (Å²) in [4.78, 5) is 0.367. The molecule has 1 aromatic carbocycles. The number of aliphatic hydroxyl groups excluding tert-OH is 1. The van der Waals surface area contributed by atoms with Gasteiger partial charge in [0.05, 0.1) is 17.2 Å². The van der Waals surface area contributed by atoms with E-state index in [9.17, 15) is 17.2 Å². The molecule has 0 unspecified atom stereocenters. The van der Waals surface area contributed by atoms with Crippen molar-refractivity contribution in [3.05, 3.63) is 44.6 Å². The summed E-state index contributed by atoms with van der Waals surface area (Å²) in [6.45, 7) is -0.283. The summed E-state index contributed by atoms with van der Waals surface area (Å²) in [5.74, 6) is -1.85. The van der Waals surface area contributed by atoms with E-state index in [1.165, 1.54) is 11.4 Å². The quantitative estimate of drug-likeness (QED) is 0.852. The molecule has 0 amide bonds. The fraction of sp³-hybridized carbons (Fsp3) is 0.0909. The van der Waals surface area contributed by atoms with E-state index >= 15 is 0 Å². The standard InChI is InChI=1S/C11H8BrF2NO3S2/c12-9-1-6(13)2-10(14)11(9)15-20(17,18)8-3-7(4-16)19-5-8/h1-3,5,15-16H,4H2. The van der Waals surface area contributed by atoms with Crippen molar-refractivity contribution in [2.45, 2.75) is 11.5 Å². The molecule has 0 aliphatic heterocycles. The zero-order valence-electron chi connectivity index (χ0n) is 9.73. The molecule has 0 saturated heterocycles. The van der Waals surface area contributed by atoms with Crippen LogP contribution in [-0.2, 0) is 16.6 Å². The summed E-state index contributed by atoms with van der Waals surface area (Å²) in [7, 11) is -4.00. The number of sulfonamides is 1. The molecule has 2 aromatic rings. The van der Waals surface area contributed by atoms with E-state index in [0.717, 1.165) is 17.4 Å². The van der Waals surface area contributed by atoms with Gasteiger partial charge in [-0.3, -0.25) is 4.72 Å². The van der Waals surface area contributed by atoms with Gasteiger partial charge >= 0.3 is 0 Å². The highest BCUT2D eigenvalue weighted by Crippen LogP contribution is 2.30. The van der Waals surface area contributed by atoms with Crippen LogP contribution in [0.4, 0.5) is 14.5 Å². The number of rotatable bonds is 4. The van der Waals surface area contributed by atoms with E-state index < -0.39 is 21.7 Å². The van der Waals surface area contributed by atoms with Gasteiger partial charge in [0.25, 0.3) is 10.0 Å². The van der Waals surface area contributed by atoms with Crippen LogP contribution in [0.2, 0.25) is 0 Å². The van der Waals surface area contributed by atoms with Crippen molar-refractivity contribution in [2.75, 3.05) is 4.72 Å². The molecule has 2 rings (SSSR count). The lowest BCUT2D eigenvalue weighted by Crippen LogP contribution is -2.14. The van der Waals surface area contributed by atoms with Crippen molar-refractivity contribution in [2.24, 2.45) is 0 Å². The Balaban J connectivity index is 2.38. The van der Waals surface area contributed by atoms with E-state index in [-0.39, 0.29) is 21.7 Å². The largest absolute Gasteiger partial charge is 0.391 e. The smallest absolute Gasteiger partial charge is 0.262 e. The van der Waals surface area contributed by atoms with Gasteiger partial charge in [-0.2, -0.15) is 0 Å². The first-order valence-electron chi connectivity index (χ1n) is 5.19. The molecule has 9 heteroatoms. The van der Waals surface area contributed by atoms with Crippen LogP contribution in [0.3, 0.4) is 0 Å². The molecule has 0 aliphatic rings. The molecular weight excluding hydrogens is 376 g/mol. The van der Waals surface area contributed by atoms with Gasteiger partial charge in [-0.05, 0) is 28.1 Å². The zero-order chi connectivity index (χ0) is 14.9. The van der Waals surface area contributed by atoms with Crippen molar-refractivity contribution in [3.8, 4) is 0 Å². The van der Waals surface area contributed by atoms with Crippen molar-refractivity contribution >= 4 is 43.0 Å². The van der Waals surface area contributed by atoms with Gasteiger partial charge in [-0.25, -0.2) is 17.2 Å². The Hall–Kier alpha value is -1.03. The number of thiophene rings is 1. The lowest BCUT2D eigenvalue weighted by Gasteiger charge is -2.09. The van der Waals surface area contributed by atoms with Crippen LogP contribution in [-0.4, -0.2) is 13.5 Å². The van der Waals surface area contributed by atoms with E-state index in [4.69, 9.17) is 5.11 Å². The van der Waals surface area contributed by atoms with Gasteiger partial charge in [0.15, 0.2) is 5.82 Å². The third-order valence-electron chi connectivity index (χ3n) is 2.34. The summed E-state index contributed by atoms with van der Waals surface area (Å²) in [5.41, 5.74) is -0.372. The Morgan fingerprint density at radius 3 is 2.55 bits per heavy atom. The molecule has 1 aromatic heterocycles. The van der Waals surface area contributed by atoms with Crippen LogP contribution in [0.1, 0.15) is 4.88 Å². The molecule has 0 saturated carbocycles. The first-order valence-corrected chi connectivity index (χ1v) is 8.34. The topological polar surface area (TPSA) is 66.4 Å².